The molecule has 3 rings (SSSR count). The zero-order valence-electron chi connectivity index (χ0n) is 10.1. The minimum Gasteiger partial charge on any atom is -0.312 e. The van der Waals surface area contributed by atoms with E-state index in [1.165, 1.54) is 12.8 Å². The van der Waals surface area contributed by atoms with Crippen molar-refractivity contribution in [3.05, 3.63) is 0 Å². The summed E-state index contributed by atoms with van der Waals surface area (Å²) < 4.78 is 28.2. The maximum absolute atomic E-state index is 12.4. The largest absolute Gasteiger partial charge is 0.312 e. The van der Waals surface area contributed by atoms with Gasteiger partial charge in [-0.15, -0.1) is 0 Å². The van der Waals surface area contributed by atoms with Crippen LogP contribution in [0.4, 0.5) is 0 Å². The Hall–Kier alpha value is -0.170. The summed E-state index contributed by atoms with van der Waals surface area (Å²) in [5.74, 6) is 0.529. The van der Waals surface area contributed by atoms with E-state index in [2.05, 4.69) is 5.32 Å². The van der Waals surface area contributed by atoms with E-state index in [1.807, 2.05) is 0 Å². The molecule has 98 valence electrons. The molecule has 5 nitrogen and oxygen atoms in total. The molecule has 0 aromatic heterocycles. The first-order valence-electron chi connectivity index (χ1n) is 6.66. The highest BCUT2D eigenvalue weighted by Crippen LogP contribution is 2.28. The number of hydrogen-bond acceptors (Lipinski definition) is 3. The van der Waals surface area contributed by atoms with Gasteiger partial charge >= 0.3 is 0 Å². The lowest BCUT2D eigenvalue weighted by Crippen LogP contribution is -2.43. The van der Waals surface area contributed by atoms with Gasteiger partial charge in [0.25, 0.3) is 10.2 Å². The Morgan fingerprint density at radius 1 is 1.00 bits per heavy atom. The first-order valence-corrected chi connectivity index (χ1v) is 8.06. The van der Waals surface area contributed by atoms with Crippen molar-refractivity contribution in [2.45, 2.75) is 31.7 Å². The van der Waals surface area contributed by atoms with E-state index in [-0.39, 0.29) is 0 Å². The molecule has 3 aliphatic heterocycles. The molecule has 17 heavy (non-hydrogen) atoms. The molecule has 1 N–H and O–H groups in total. The monoisotopic (exact) mass is 259 g/mol. The summed E-state index contributed by atoms with van der Waals surface area (Å²) in [4.78, 5) is 0. The van der Waals surface area contributed by atoms with Crippen LogP contribution in [0.3, 0.4) is 0 Å². The summed E-state index contributed by atoms with van der Waals surface area (Å²) in [6.07, 6.45) is 4.37. The van der Waals surface area contributed by atoms with Crippen LogP contribution >= 0.6 is 0 Å². The SMILES string of the molecule is O=S(=O)(N1CCCC1)N1CC2CCCNC2C1. The number of nitrogens with one attached hydrogen (secondary N) is 1. The quantitative estimate of drug-likeness (QED) is 0.760. The van der Waals surface area contributed by atoms with Crippen LogP contribution in [-0.4, -0.2) is 55.8 Å². The number of hydrogen-bond donors (Lipinski definition) is 1. The Labute approximate surface area is 103 Å². The minimum atomic E-state index is -3.17. The van der Waals surface area contributed by atoms with E-state index in [0.29, 0.717) is 31.6 Å². The van der Waals surface area contributed by atoms with Crippen molar-refractivity contribution in [1.82, 2.24) is 13.9 Å². The predicted octanol–water partition coefficient (Wildman–Crippen LogP) is 0.0108. The molecule has 0 spiro atoms. The van der Waals surface area contributed by atoms with Crippen LogP contribution in [0.15, 0.2) is 0 Å². The second kappa shape index (κ2) is 4.50. The molecule has 3 aliphatic rings. The van der Waals surface area contributed by atoms with Gasteiger partial charge in [-0.05, 0) is 38.1 Å². The van der Waals surface area contributed by atoms with Crippen molar-refractivity contribution in [2.75, 3.05) is 32.7 Å². The number of piperidine rings is 1. The second-order valence-electron chi connectivity index (χ2n) is 5.39. The van der Waals surface area contributed by atoms with Crippen molar-refractivity contribution in [3.8, 4) is 0 Å². The number of fused-ring (bicyclic) bond motifs is 1. The van der Waals surface area contributed by atoms with Gasteiger partial charge in [0, 0.05) is 32.2 Å². The Morgan fingerprint density at radius 3 is 2.47 bits per heavy atom. The van der Waals surface area contributed by atoms with E-state index >= 15 is 0 Å². The maximum Gasteiger partial charge on any atom is 0.282 e. The van der Waals surface area contributed by atoms with Crippen LogP contribution in [-0.2, 0) is 10.2 Å². The molecule has 3 saturated heterocycles. The Kier molecular flexibility index (Phi) is 3.15. The van der Waals surface area contributed by atoms with Crippen molar-refractivity contribution >= 4 is 10.2 Å². The summed E-state index contributed by atoms with van der Waals surface area (Å²) >= 11 is 0. The third-order valence-electron chi connectivity index (χ3n) is 4.28. The molecule has 2 unspecified atom stereocenters. The Bertz CT molecular complexity index is 364. The third kappa shape index (κ3) is 2.12. The van der Waals surface area contributed by atoms with E-state index < -0.39 is 10.2 Å². The molecular formula is C11H21N3O2S. The molecule has 6 heteroatoms. The van der Waals surface area contributed by atoms with E-state index in [9.17, 15) is 8.42 Å². The summed E-state index contributed by atoms with van der Waals surface area (Å²) in [5.41, 5.74) is 0. The van der Waals surface area contributed by atoms with Gasteiger partial charge in [-0.3, -0.25) is 0 Å². The van der Waals surface area contributed by atoms with E-state index in [4.69, 9.17) is 0 Å². The molecular weight excluding hydrogens is 238 g/mol. The molecule has 0 aliphatic carbocycles. The fraction of sp³-hybridized carbons (Fsp3) is 1.00. The Morgan fingerprint density at radius 2 is 1.76 bits per heavy atom. The molecule has 0 aromatic rings. The standard InChI is InChI=1S/C11H21N3O2S/c15-17(16,13-6-1-2-7-13)14-8-10-4-3-5-12-11(10)9-14/h10-12H,1-9H2. The van der Waals surface area contributed by atoms with E-state index in [1.54, 1.807) is 8.61 Å². The van der Waals surface area contributed by atoms with Crippen LogP contribution in [0.5, 0.6) is 0 Å². The second-order valence-corrected chi connectivity index (χ2v) is 7.32. The molecule has 2 atom stereocenters. The predicted molar refractivity (Wildman–Crippen MR) is 65.8 cm³/mol. The molecule has 3 heterocycles. The van der Waals surface area contributed by atoms with Crippen molar-refractivity contribution < 1.29 is 8.42 Å². The number of nitrogens with zero attached hydrogens (tertiary/aromatic N) is 2. The smallest absolute Gasteiger partial charge is 0.282 e. The van der Waals surface area contributed by atoms with Gasteiger partial charge in [-0.2, -0.15) is 17.0 Å². The topological polar surface area (TPSA) is 52.7 Å². The number of rotatable bonds is 2. The maximum atomic E-state index is 12.4. The van der Waals surface area contributed by atoms with Gasteiger partial charge in [0.05, 0.1) is 0 Å². The van der Waals surface area contributed by atoms with Crippen LogP contribution in [0.25, 0.3) is 0 Å². The summed E-state index contributed by atoms with van der Waals surface area (Å²) in [7, 11) is -3.17. The molecule has 0 aromatic carbocycles. The lowest BCUT2D eigenvalue weighted by atomic mass is 9.94. The average Bonchev–Trinajstić information content (AvgIpc) is 2.98. The minimum absolute atomic E-state index is 0.390. The lowest BCUT2D eigenvalue weighted by Gasteiger charge is -2.24. The molecule has 0 amide bonds. The fourth-order valence-corrected chi connectivity index (χ4v) is 5.05. The van der Waals surface area contributed by atoms with Crippen LogP contribution in [0.1, 0.15) is 25.7 Å². The zero-order valence-corrected chi connectivity index (χ0v) is 11.0. The fourth-order valence-electron chi connectivity index (χ4n) is 3.28. The third-order valence-corrected chi connectivity index (χ3v) is 6.25. The molecule has 3 fully saturated rings. The lowest BCUT2D eigenvalue weighted by molar-refractivity contribution is 0.339. The summed E-state index contributed by atoms with van der Waals surface area (Å²) in [6, 6.07) is 0.390. The molecule has 0 radical (unpaired) electrons. The highest BCUT2D eigenvalue weighted by atomic mass is 32.2. The normalized spacial score (nSPS) is 36.2. The average molecular weight is 259 g/mol. The van der Waals surface area contributed by atoms with Gasteiger partial charge in [-0.1, -0.05) is 0 Å². The van der Waals surface area contributed by atoms with Crippen LogP contribution < -0.4 is 5.32 Å². The van der Waals surface area contributed by atoms with Gasteiger partial charge < -0.3 is 5.32 Å². The van der Waals surface area contributed by atoms with E-state index in [0.717, 1.165) is 25.9 Å². The summed E-state index contributed by atoms with van der Waals surface area (Å²) in [6.45, 7) is 3.85. The van der Waals surface area contributed by atoms with Gasteiger partial charge in [0.2, 0.25) is 0 Å². The summed E-state index contributed by atoms with van der Waals surface area (Å²) in [5, 5.41) is 3.45. The van der Waals surface area contributed by atoms with Crippen molar-refractivity contribution in [3.63, 3.8) is 0 Å². The highest BCUT2D eigenvalue weighted by Gasteiger charge is 2.42. The van der Waals surface area contributed by atoms with Gasteiger partial charge in [-0.25, -0.2) is 0 Å². The van der Waals surface area contributed by atoms with Crippen molar-refractivity contribution in [2.24, 2.45) is 5.92 Å². The molecule has 0 bridgehead atoms. The van der Waals surface area contributed by atoms with Gasteiger partial charge in [0.15, 0.2) is 0 Å². The van der Waals surface area contributed by atoms with Crippen LogP contribution in [0.2, 0.25) is 0 Å². The van der Waals surface area contributed by atoms with Crippen LogP contribution in [0, 0.1) is 5.92 Å². The Balaban J connectivity index is 1.72. The first-order chi connectivity index (χ1) is 8.18. The molecule has 0 saturated carbocycles. The first kappa shape index (κ1) is 11.9. The highest BCUT2D eigenvalue weighted by molar-refractivity contribution is 7.86. The van der Waals surface area contributed by atoms with Crippen molar-refractivity contribution in [1.29, 1.82) is 0 Å². The van der Waals surface area contributed by atoms with Gasteiger partial charge in [0.1, 0.15) is 0 Å². The zero-order chi connectivity index (χ0) is 11.9.